The Bertz CT molecular complexity index is 1050. The van der Waals surface area contributed by atoms with Gasteiger partial charge < -0.3 is 15.0 Å². The lowest BCUT2D eigenvalue weighted by Crippen LogP contribution is -2.50. The maximum atomic E-state index is 12.7. The molecule has 2 amide bonds. The van der Waals surface area contributed by atoms with Crippen LogP contribution >= 0.6 is 0 Å². The molecule has 0 spiro atoms. The molecular formula is C24H32N4O5S. The first-order chi connectivity index (χ1) is 16.4. The number of pyridine rings is 1. The number of amides is 2. The predicted molar refractivity (Wildman–Crippen MR) is 128 cm³/mol. The van der Waals surface area contributed by atoms with Crippen LogP contribution in [0.5, 0.6) is 5.88 Å². The third-order valence-corrected chi connectivity index (χ3v) is 7.51. The van der Waals surface area contributed by atoms with Crippen molar-refractivity contribution in [2.24, 2.45) is 0 Å². The van der Waals surface area contributed by atoms with Gasteiger partial charge in [-0.2, -0.15) is 4.31 Å². The molecule has 1 N–H and O–H groups in total. The van der Waals surface area contributed by atoms with E-state index in [1.165, 1.54) is 4.31 Å². The zero-order valence-electron chi connectivity index (χ0n) is 19.5. The van der Waals surface area contributed by atoms with E-state index in [1.807, 2.05) is 6.07 Å². The van der Waals surface area contributed by atoms with Gasteiger partial charge in [-0.25, -0.2) is 13.4 Å². The molecule has 0 aliphatic carbocycles. The molecule has 1 fully saturated rings. The van der Waals surface area contributed by atoms with Gasteiger partial charge in [-0.05, 0) is 24.6 Å². The Balaban J connectivity index is 1.41. The summed E-state index contributed by atoms with van der Waals surface area (Å²) in [5.74, 6) is 0.120. The SMILES string of the molecule is CCCCOc1ncccc1CNC(=O)CCC(=O)N1CCN(S(=O)(=O)c2ccccc2)CC1. The minimum Gasteiger partial charge on any atom is -0.477 e. The van der Waals surface area contributed by atoms with Crippen molar-refractivity contribution in [2.45, 2.75) is 44.0 Å². The fourth-order valence-corrected chi connectivity index (χ4v) is 5.03. The Hall–Kier alpha value is -2.98. The Morgan fingerprint density at radius 2 is 1.76 bits per heavy atom. The number of nitrogens with zero attached hydrogens (tertiary/aromatic N) is 3. The molecule has 9 nitrogen and oxygen atoms in total. The molecule has 0 saturated carbocycles. The predicted octanol–water partition coefficient (Wildman–Crippen LogP) is 2.19. The normalized spacial score (nSPS) is 14.6. The summed E-state index contributed by atoms with van der Waals surface area (Å²) < 4.78 is 32.5. The number of hydrogen-bond donors (Lipinski definition) is 1. The van der Waals surface area contributed by atoms with Gasteiger partial charge in [-0.15, -0.1) is 0 Å². The van der Waals surface area contributed by atoms with Crippen LogP contribution in [0.15, 0.2) is 53.6 Å². The fourth-order valence-electron chi connectivity index (χ4n) is 3.58. The number of hydrogen-bond acceptors (Lipinski definition) is 6. The summed E-state index contributed by atoms with van der Waals surface area (Å²) in [5, 5.41) is 2.82. The number of carbonyl (C=O) groups is 2. The molecule has 1 saturated heterocycles. The van der Waals surface area contributed by atoms with Gasteiger partial charge in [0.05, 0.1) is 11.5 Å². The molecule has 10 heteroatoms. The zero-order valence-corrected chi connectivity index (χ0v) is 20.3. The fraction of sp³-hybridized carbons (Fsp3) is 0.458. The lowest BCUT2D eigenvalue weighted by atomic mass is 10.2. The standard InChI is InChI=1S/C24H32N4O5S/c1-2-3-18-33-24-20(8-7-13-25-24)19-26-22(29)11-12-23(30)27-14-16-28(17-15-27)34(31,32)21-9-5-4-6-10-21/h4-10,13H,2-3,11-12,14-19H2,1H3,(H,26,29). The number of rotatable bonds is 11. The molecular weight excluding hydrogens is 456 g/mol. The Kier molecular flexibility index (Phi) is 9.41. The van der Waals surface area contributed by atoms with E-state index < -0.39 is 10.0 Å². The Morgan fingerprint density at radius 3 is 2.47 bits per heavy atom. The van der Waals surface area contributed by atoms with Crippen molar-refractivity contribution in [3.8, 4) is 5.88 Å². The molecule has 0 radical (unpaired) electrons. The first-order valence-electron chi connectivity index (χ1n) is 11.6. The van der Waals surface area contributed by atoms with E-state index in [4.69, 9.17) is 4.74 Å². The molecule has 2 aromatic rings. The molecule has 0 unspecified atom stereocenters. The van der Waals surface area contributed by atoms with E-state index in [1.54, 1.807) is 47.5 Å². The third-order valence-electron chi connectivity index (χ3n) is 5.60. The van der Waals surface area contributed by atoms with Gasteiger partial charge in [0.2, 0.25) is 27.7 Å². The molecule has 1 aliphatic heterocycles. The molecule has 184 valence electrons. The van der Waals surface area contributed by atoms with Gasteiger partial charge in [0.15, 0.2) is 0 Å². The topological polar surface area (TPSA) is 109 Å². The second-order valence-electron chi connectivity index (χ2n) is 8.04. The number of benzene rings is 1. The van der Waals surface area contributed by atoms with Gasteiger partial charge >= 0.3 is 0 Å². The van der Waals surface area contributed by atoms with Crippen molar-refractivity contribution in [3.05, 3.63) is 54.2 Å². The second-order valence-corrected chi connectivity index (χ2v) is 9.98. The molecule has 3 rings (SSSR count). The molecule has 0 bridgehead atoms. The zero-order chi connectivity index (χ0) is 24.4. The van der Waals surface area contributed by atoms with Crippen molar-refractivity contribution in [1.82, 2.24) is 19.5 Å². The smallest absolute Gasteiger partial charge is 0.243 e. The number of unbranched alkanes of at least 4 members (excludes halogenated alkanes) is 1. The van der Waals surface area contributed by atoms with E-state index in [0.29, 0.717) is 25.6 Å². The lowest BCUT2D eigenvalue weighted by molar-refractivity contribution is -0.134. The molecule has 1 aliphatic rings. The minimum absolute atomic E-state index is 0.0631. The maximum Gasteiger partial charge on any atom is 0.243 e. The van der Waals surface area contributed by atoms with E-state index in [9.17, 15) is 18.0 Å². The van der Waals surface area contributed by atoms with E-state index in [0.717, 1.165) is 18.4 Å². The summed E-state index contributed by atoms with van der Waals surface area (Å²) in [6, 6.07) is 11.9. The number of aromatic nitrogens is 1. The number of piperazine rings is 1. The second kappa shape index (κ2) is 12.5. The highest BCUT2D eigenvalue weighted by Gasteiger charge is 2.29. The summed E-state index contributed by atoms with van der Waals surface area (Å²) in [6.07, 6.45) is 3.73. The summed E-state index contributed by atoms with van der Waals surface area (Å²) in [6.45, 7) is 4.01. The summed E-state index contributed by atoms with van der Waals surface area (Å²) in [7, 11) is -3.57. The largest absolute Gasteiger partial charge is 0.477 e. The number of nitrogens with one attached hydrogen (secondary N) is 1. The first-order valence-corrected chi connectivity index (χ1v) is 13.0. The van der Waals surface area contributed by atoms with Gasteiger partial charge in [-0.1, -0.05) is 37.6 Å². The molecule has 0 atom stereocenters. The van der Waals surface area contributed by atoms with Crippen LogP contribution in [0.1, 0.15) is 38.2 Å². The quantitative estimate of drug-likeness (QED) is 0.486. The minimum atomic E-state index is -3.57. The van der Waals surface area contributed by atoms with Crippen LogP contribution in [0.4, 0.5) is 0 Å². The summed E-state index contributed by atoms with van der Waals surface area (Å²) in [5.41, 5.74) is 0.786. The molecule has 1 aromatic carbocycles. The highest BCUT2D eigenvalue weighted by atomic mass is 32.2. The van der Waals surface area contributed by atoms with Crippen molar-refractivity contribution >= 4 is 21.8 Å². The van der Waals surface area contributed by atoms with Crippen molar-refractivity contribution in [3.63, 3.8) is 0 Å². The first kappa shape index (κ1) is 25.6. The Morgan fingerprint density at radius 1 is 1.03 bits per heavy atom. The van der Waals surface area contributed by atoms with Crippen LogP contribution < -0.4 is 10.1 Å². The Labute approximate surface area is 201 Å². The van der Waals surface area contributed by atoms with Crippen LogP contribution in [0.25, 0.3) is 0 Å². The van der Waals surface area contributed by atoms with E-state index in [2.05, 4.69) is 17.2 Å². The highest BCUT2D eigenvalue weighted by molar-refractivity contribution is 7.89. The van der Waals surface area contributed by atoms with Crippen LogP contribution in [-0.4, -0.2) is 67.2 Å². The van der Waals surface area contributed by atoms with Gasteiger partial charge in [-0.3, -0.25) is 9.59 Å². The van der Waals surface area contributed by atoms with Crippen LogP contribution in [0.2, 0.25) is 0 Å². The van der Waals surface area contributed by atoms with Crippen molar-refractivity contribution < 1.29 is 22.7 Å². The van der Waals surface area contributed by atoms with Crippen LogP contribution in [0.3, 0.4) is 0 Å². The van der Waals surface area contributed by atoms with Gasteiger partial charge in [0, 0.05) is 57.3 Å². The van der Waals surface area contributed by atoms with E-state index in [-0.39, 0.29) is 49.2 Å². The van der Waals surface area contributed by atoms with E-state index >= 15 is 0 Å². The monoisotopic (exact) mass is 488 g/mol. The third kappa shape index (κ3) is 7.01. The lowest BCUT2D eigenvalue weighted by Gasteiger charge is -2.34. The van der Waals surface area contributed by atoms with Gasteiger partial charge in [0.25, 0.3) is 0 Å². The number of sulfonamides is 1. The average molecular weight is 489 g/mol. The van der Waals surface area contributed by atoms with Crippen LogP contribution in [0, 0.1) is 0 Å². The molecule has 2 heterocycles. The van der Waals surface area contributed by atoms with Crippen molar-refractivity contribution in [2.75, 3.05) is 32.8 Å². The molecule has 1 aromatic heterocycles. The average Bonchev–Trinajstić information content (AvgIpc) is 2.87. The maximum absolute atomic E-state index is 12.7. The highest BCUT2D eigenvalue weighted by Crippen LogP contribution is 2.18. The summed E-state index contributed by atoms with van der Waals surface area (Å²) in [4.78, 5) is 30.9. The van der Waals surface area contributed by atoms with Crippen LogP contribution in [-0.2, 0) is 26.2 Å². The molecule has 34 heavy (non-hydrogen) atoms. The number of carbonyl (C=O) groups excluding carboxylic acids is 2. The van der Waals surface area contributed by atoms with Gasteiger partial charge in [0.1, 0.15) is 0 Å². The number of ether oxygens (including phenoxy) is 1. The van der Waals surface area contributed by atoms with Crippen molar-refractivity contribution in [1.29, 1.82) is 0 Å². The summed E-state index contributed by atoms with van der Waals surface area (Å²) >= 11 is 0.